The van der Waals surface area contributed by atoms with E-state index in [0.29, 0.717) is 5.76 Å². The molecule has 2 aliphatic heterocycles. The number of nitrogens with zero attached hydrogens (tertiary/aromatic N) is 2. The molecule has 4 rings (SSSR count). The van der Waals surface area contributed by atoms with Crippen molar-refractivity contribution >= 4 is 41.3 Å². The number of amides is 2. The van der Waals surface area contributed by atoms with E-state index in [1.165, 1.54) is 35.5 Å². The van der Waals surface area contributed by atoms with Crippen LogP contribution in [0.2, 0.25) is 0 Å². The van der Waals surface area contributed by atoms with Crippen LogP contribution in [0.4, 0.5) is 0 Å². The SMILES string of the molecule is COC1=CS[C@@H]2C(NC(=O)CSCC#N)C(=O)N2C1C(=O)OC(c1ccccc1)c1ccccc1. The van der Waals surface area contributed by atoms with Crippen LogP contribution in [0.5, 0.6) is 0 Å². The van der Waals surface area contributed by atoms with E-state index < -0.39 is 29.5 Å². The van der Waals surface area contributed by atoms with Crippen molar-refractivity contribution in [3.05, 3.63) is 83.0 Å². The summed E-state index contributed by atoms with van der Waals surface area (Å²) in [6.07, 6.45) is -0.667. The number of nitrogens with one attached hydrogen (secondary N) is 1. The Hall–Kier alpha value is -3.42. The number of thioether (sulfide) groups is 2. The zero-order chi connectivity index (χ0) is 24.8. The number of rotatable bonds is 9. The second kappa shape index (κ2) is 11.3. The summed E-state index contributed by atoms with van der Waals surface area (Å²) in [7, 11) is 1.44. The van der Waals surface area contributed by atoms with Crippen molar-refractivity contribution in [2.45, 2.75) is 23.6 Å². The lowest BCUT2D eigenvalue weighted by Gasteiger charge is -2.51. The maximum absolute atomic E-state index is 13.5. The Bertz CT molecular complexity index is 1110. The van der Waals surface area contributed by atoms with Gasteiger partial charge in [-0.25, -0.2) is 4.79 Å². The standard InChI is InChI=1S/C25H23N3O5S2/c1-32-18-14-35-24-20(27-19(29)15-34-13-12-26)23(30)28(24)21(18)25(31)33-22(16-8-4-2-5-9-16)17-10-6-3-7-11-17/h2-11,14,20-22,24H,13,15H2,1H3,(H,27,29)/t20?,21?,24-/m1/s1. The lowest BCUT2D eigenvalue weighted by Crippen LogP contribution is -2.74. The fourth-order valence-corrected chi connectivity index (χ4v) is 5.59. The van der Waals surface area contributed by atoms with Gasteiger partial charge in [0.2, 0.25) is 11.8 Å². The van der Waals surface area contributed by atoms with E-state index in [2.05, 4.69) is 5.32 Å². The molecule has 10 heteroatoms. The van der Waals surface area contributed by atoms with Gasteiger partial charge in [-0.15, -0.1) is 23.5 Å². The van der Waals surface area contributed by atoms with Gasteiger partial charge in [0.15, 0.2) is 12.1 Å². The molecule has 1 N–H and O–H groups in total. The highest BCUT2D eigenvalue weighted by Gasteiger charge is 2.57. The van der Waals surface area contributed by atoms with Gasteiger partial charge >= 0.3 is 5.97 Å². The van der Waals surface area contributed by atoms with Crippen LogP contribution >= 0.6 is 23.5 Å². The van der Waals surface area contributed by atoms with E-state index in [-0.39, 0.29) is 23.3 Å². The number of esters is 1. The number of methoxy groups -OCH3 is 1. The molecule has 180 valence electrons. The molecule has 0 saturated carbocycles. The van der Waals surface area contributed by atoms with E-state index in [1.807, 2.05) is 66.7 Å². The molecule has 1 fully saturated rings. The van der Waals surface area contributed by atoms with Crippen molar-refractivity contribution < 1.29 is 23.9 Å². The normalized spacial score (nSPS) is 20.7. The topological polar surface area (TPSA) is 109 Å². The monoisotopic (exact) mass is 509 g/mol. The van der Waals surface area contributed by atoms with Gasteiger partial charge < -0.3 is 19.7 Å². The summed E-state index contributed by atoms with van der Waals surface area (Å²) in [5.41, 5.74) is 1.60. The summed E-state index contributed by atoms with van der Waals surface area (Å²) in [6.45, 7) is 0. The number of carbonyl (C=O) groups is 3. The van der Waals surface area contributed by atoms with Crippen LogP contribution in [0, 0.1) is 11.3 Å². The van der Waals surface area contributed by atoms with Crippen molar-refractivity contribution in [1.29, 1.82) is 5.26 Å². The van der Waals surface area contributed by atoms with E-state index in [1.54, 1.807) is 5.41 Å². The number of benzene rings is 2. The zero-order valence-corrected chi connectivity index (χ0v) is 20.5. The predicted molar refractivity (Wildman–Crippen MR) is 133 cm³/mol. The predicted octanol–water partition coefficient (Wildman–Crippen LogP) is 2.83. The van der Waals surface area contributed by atoms with Crippen LogP contribution in [-0.4, -0.2) is 58.8 Å². The molecular formula is C25H23N3O5S2. The third-order valence-electron chi connectivity index (χ3n) is 5.57. The number of hydrogen-bond acceptors (Lipinski definition) is 8. The average Bonchev–Trinajstić information content (AvgIpc) is 2.90. The summed E-state index contributed by atoms with van der Waals surface area (Å²) in [6, 6.07) is 18.9. The summed E-state index contributed by atoms with van der Waals surface area (Å²) in [4.78, 5) is 40.1. The summed E-state index contributed by atoms with van der Waals surface area (Å²) < 4.78 is 11.4. The molecule has 2 aromatic carbocycles. The molecule has 35 heavy (non-hydrogen) atoms. The number of fused-ring (bicyclic) bond motifs is 1. The second-order valence-electron chi connectivity index (χ2n) is 7.73. The summed E-state index contributed by atoms with van der Waals surface area (Å²) >= 11 is 2.47. The molecule has 0 spiro atoms. The van der Waals surface area contributed by atoms with Crippen molar-refractivity contribution in [2.24, 2.45) is 0 Å². The Balaban J connectivity index is 1.53. The third-order valence-corrected chi connectivity index (χ3v) is 7.51. The van der Waals surface area contributed by atoms with Gasteiger partial charge in [-0.2, -0.15) is 5.26 Å². The van der Waals surface area contributed by atoms with E-state index in [9.17, 15) is 14.4 Å². The highest BCUT2D eigenvalue weighted by molar-refractivity contribution is 8.03. The first kappa shape index (κ1) is 24.7. The van der Waals surface area contributed by atoms with Crippen molar-refractivity contribution in [2.75, 3.05) is 18.6 Å². The van der Waals surface area contributed by atoms with Gasteiger partial charge in [0.1, 0.15) is 17.2 Å². The lowest BCUT2D eigenvalue weighted by molar-refractivity contribution is -0.167. The summed E-state index contributed by atoms with van der Waals surface area (Å²) in [5.74, 6) is -0.773. The Morgan fingerprint density at radius 3 is 2.34 bits per heavy atom. The number of ether oxygens (including phenoxy) is 2. The minimum Gasteiger partial charge on any atom is -0.498 e. The van der Waals surface area contributed by atoms with Gasteiger partial charge in [0.25, 0.3) is 0 Å². The Morgan fingerprint density at radius 2 is 1.77 bits per heavy atom. The van der Waals surface area contributed by atoms with Crippen LogP contribution in [0.3, 0.4) is 0 Å². The Kier molecular flexibility index (Phi) is 8.00. The highest BCUT2D eigenvalue weighted by Crippen LogP contribution is 2.41. The molecule has 0 radical (unpaired) electrons. The number of hydrogen-bond donors (Lipinski definition) is 1. The fraction of sp³-hybridized carbons (Fsp3) is 0.280. The molecule has 0 bridgehead atoms. The van der Waals surface area contributed by atoms with Gasteiger partial charge in [0, 0.05) is 5.41 Å². The maximum atomic E-state index is 13.5. The fourth-order valence-electron chi connectivity index (χ4n) is 3.93. The maximum Gasteiger partial charge on any atom is 0.337 e. The Morgan fingerprint density at radius 1 is 1.14 bits per heavy atom. The molecule has 0 aliphatic carbocycles. The van der Waals surface area contributed by atoms with Crippen LogP contribution in [-0.2, 0) is 23.9 Å². The largest absolute Gasteiger partial charge is 0.498 e. The lowest BCUT2D eigenvalue weighted by atomic mass is 10.00. The van der Waals surface area contributed by atoms with Gasteiger partial charge in [-0.05, 0) is 11.1 Å². The minimum atomic E-state index is -1.06. The van der Waals surface area contributed by atoms with E-state index >= 15 is 0 Å². The molecule has 2 aromatic rings. The van der Waals surface area contributed by atoms with Crippen LogP contribution in [0.25, 0.3) is 0 Å². The van der Waals surface area contributed by atoms with Crippen molar-refractivity contribution in [3.63, 3.8) is 0 Å². The molecule has 8 nitrogen and oxygen atoms in total. The van der Waals surface area contributed by atoms with E-state index in [4.69, 9.17) is 14.7 Å². The van der Waals surface area contributed by atoms with Crippen LogP contribution in [0.15, 0.2) is 71.8 Å². The highest BCUT2D eigenvalue weighted by atomic mass is 32.2. The number of nitriles is 1. The van der Waals surface area contributed by atoms with E-state index in [0.717, 1.165) is 11.1 Å². The third kappa shape index (κ3) is 5.31. The van der Waals surface area contributed by atoms with Gasteiger partial charge in [0.05, 0.1) is 24.7 Å². The Labute approximate surface area is 211 Å². The quantitative estimate of drug-likeness (QED) is 0.312. The first-order valence-electron chi connectivity index (χ1n) is 10.8. The molecule has 1 saturated heterocycles. The van der Waals surface area contributed by atoms with Crippen LogP contribution < -0.4 is 5.32 Å². The summed E-state index contributed by atoms with van der Waals surface area (Å²) in [5, 5.41) is 12.6. The van der Waals surface area contributed by atoms with Gasteiger partial charge in [-0.3, -0.25) is 9.59 Å². The number of carbonyl (C=O) groups excluding carboxylic acids is 3. The van der Waals surface area contributed by atoms with Crippen LogP contribution in [0.1, 0.15) is 17.2 Å². The molecule has 0 aromatic heterocycles. The zero-order valence-electron chi connectivity index (χ0n) is 18.8. The van der Waals surface area contributed by atoms with Gasteiger partial charge in [-0.1, -0.05) is 60.7 Å². The smallest absolute Gasteiger partial charge is 0.337 e. The molecular weight excluding hydrogens is 486 g/mol. The van der Waals surface area contributed by atoms with Crippen molar-refractivity contribution in [1.82, 2.24) is 10.2 Å². The first-order valence-corrected chi connectivity index (χ1v) is 12.9. The molecule has 2 amide bonds. The van der Waals surface area contributed by atoms with Crippen molar-refractivity contribution in [3.8, 4) is 6.07 Å². The number of β-lactam (4-membered cyclic amide) rings is 1. The minimum absolute atomic E-state index is 0.0786. The molecule has 2 unspecified atom stereocenters. The first-order chi connectivity index (χ1) is 17.0. The second-order valence-corrected chi connectivity index (χ2v) is 9.71. The molecule has 3 atom stereocenters. The molecule has 2 aliphatic rings. The average molecular weight is 510 g/mol. The molecule has 2 heterocycles.